The van der Waals surface area contributed by atoms with Gasteiger partial charge in [0.15, 0.2) is 0 Å². The summed E-state index contributed by atoms with van der Waals surface area (Å²) in [4.78, 5) is 22.2. The fourth-order valence-corrected chi connectivity index (χ4v) is 1.63. The van der Waals surface area contributed by atoms with Crippen LogP contribution in [0.2, 0.25) is 0 Å². The fraction of sp³-hybridized carbons (Fsp3) is 0.200. The number of fused-ring (bicyclic) bond motifs is 1. The van der Waals surface area contributed by atoms with Crippen LogP contribution < -0.4 is 5.32 Å². The van der Waals surface area contributed by atoms with E-state index in [1.54, 1.807) is 24.3 Å². The molecule has 0 saturated carbocycles. The van der Waals surface area contributed by atoms with Crippen LogP contribution in [-0.4, -0.2) is 23.5 Å². The first-order valence-corrected chi connectivity index (χ1v) is 4.30. The second-order valence-electron chi connectivity index (χ2n) is 3.19. The Labute approximate surface area is 80.6 Å². The fourth-order valence-electron chi connectivity index (χ4n) is 1.63. The van der Waals surface area contributed by atoms with Gasteiger partial charge in [-0.25, -0.2) is 0 Å². The molecule has 0 aromatic heterocycles. The zero-order valence-corrected chi connectivity index (χ0v) is 7.36. The zero-order chi connectivity index (χ0) is 10.1. The lowest BCUT2D eigenvalue weighted by Gasteiger charge is -2.22. The van der Waals surface area contributed by atoms with E-state index in [1.807, 2.05) is 0 Å². The highest BCUT2D eigenvalue weighted by molar-refractivity contribution is 5.99. The Bertz CT molecular complexity index is 400. The molecular formula is C10H9NO3. The van der Waals surface area contributed by atoms with Gasteiger partial charge in [-0.2, -0.15) is 0 Å². The molecule has 1 aliphatic rings. The smallest absolute Gasteiger partial charge is 0.312 e. The molecule has 0 saturated heterocycles. The summed E-state index contributed by atoms with van der Waals surface area (Å²) >= 11 is 0. The molecule has 4 heteroatoms. The average molecular weight is 191 g/mol. The number of hydrogen-bond acceptors (Lipinski definition) is 2. The molecule has 0 radical (unpaired) electrons. The number of carboxylic acids is 1. The molecule has 1 atom stereocenters. The van der Waals surface area contributed by atoms with Crippen molar-refractivity contribution in [1.82, 2.24) is 5.32 Å². The molecule has 4 nitrogen and oxygen atoms in total. The van der Waals surface area contributed by atoms with Gasteiger partial charge in [-0.1, -0.05) is 18.2 Å². The summed E-state index contributed by atoms with van der Waals surface area (Å²) in [7, 11) is 0. The summed E-state index contributed by atoms with van der Waals surface area (Å²) in [6, 6.07) is 6.79. The number of aliphatic carboxylic acids is 1. The van der Waals surface area contributed by atoms with Crippen molar-refractivity contribution in [2.75, 3.05) is 6.54 Å². The molecule has 1 amide bonds. The highest BCUT2D eigenvalue weighted by atomic mass is 16.4. The van der Waals surface area contributed by atoms with E-state index < -0.39 is 11.9 Å². The first kappa shape index (κ1) is 8.74. The van der Waals surface area contributed by atoms with Crippen LogP contribution in [0.4, 0.5) is 0 Å². The van der Waals surface area contributed by atoms with Crippen LogP contribution in [0.1, 0.15) is 21.8 Å². The number of rotatable bonds is 1. The molecule has 0 spiro atoms. The van der Waals surface area contributed by atoms with E-state index in [4.69, 9.17) is 5.11 Å². The third-order valence-corrected chi connectivity index (χ3v) is 2.35. The highest BCUT2D eigenvalue weighted by Gasteiger charge is 2.29. The third-order valence-electron chi connectivity index (χ3n) is 2.35. The number of amides is 1. The van der Waals surface area contributed by atoms with E-state index in [2.05, 4.69) is 5.32 Å². The Morgan fingerprint density at radius 3 is 2.86 bits per heavy atom. The molecule has 0 aliphatic carbocycles. The Morgan fingerprint density at radius 2 is 2.14 bits per heavy atom. The van der Waals surface area contributed by atoms with Gasteiger partial charge in [-0.05, 0) is 11.6 Å². The maximum absolute atomic E-state index is 11.3. The van der Waals surface area contributed by atoms with E-state index in [0.29, 0.717) is 11.1 Å². The predicted octanol–water partition coefficient (Wildman–Crippen LogP) is 0.598. The van der Waals surface area contributed by atoms with Crippen LogP contribution in [0.3, 0.4) is 0 Å². The van der Waals surface area contributed by atoms with Crippen molar-refractivity contribution in [3.63, 3.8) is 0 Å². The number of benzene rings is 1. The van der Waals surface area contributed by atoms with Gasteiger partial charge >= 0.3 is 5.97 Å². The molecule has 0 fully saturated rings. The van der Waals surface area contributed by atoms with Crippen LogP contribution in [0, 0.1) is 0 Å². The van der Waals surface area contributed by atoms with Crippen molar-refractivity contribution >= 4 is 11.9 Å². The Balaban J connectivity index is 2.52. The predicted molar refractivity (Wildman–Crippen MR) is 49.2 cm³/mol. The number of hydrogen-bond donors (Lipinski definition) is 2. The summed E-state index contributed by atoms with van der Waals surface area (Å²) in [5.74, 6) is -1.72. The molecular weight excluding hydrogens is 182 g/mol. The standard InChI is InChI=1S/C10H9NO3/c12-9-7-4-2-1-3-6(7)8(5-11-9)10(13)14/h1-4,8H,5H2,(H,11,12)(H,13,14)/t8-/m0/s1. The Kier molecular flexibility index (Phi) is 1.96. The number of carbonyl (C=O) groups is 2. The van der Waals surface area contributed by atoms with Crippen molar-refractivity contribution < 1.29 is 14.7 Å². The second kappa shape index (κ2) is 3.14. The number of carbonyl (C=O) groups excluding carboxylic acids is 1. The lowest BCUT2D eigenvalue weighted by Crippen LogP contribution is -2.37. The Morgan fingerprint density at radius 1 is 1.43 bits per heavy atom. The van der Waals surface area contributed by atoms with Crippen LogP contribution in [0.25, 0.3) is 0 Å². The third kappa shape index (κ3) is 1.25. The number of nitrogens with one attached hydrogen (secondary N) is 1. The Hall–Kier alpha value is -1.84. The monoisotopic (exact) mass is 191 g/mol. The van der Waals surface area contributed by atoms with Gasteiger partial charge in [0.2, 0.25) is 0 Å². The molecule has 2 N–H and O–H groups in total. The first-order valence-electron chi connectivity index (χ1n) is 4.30. The normalized spacial score (nSPS) is 19.7. The maximum Gasteiger partial charge on any atom is 0.312 e. The van der Waals surface area contributed by atoms with Crippen LogP contribution in [-0.2, 0) is 4.79 Å². The zero-order valence-electron chi connectivity index (χ0n) is 7.36. The van der Waals surface area contributed by atoms with Crippen LogP contribution in [0.15, 0.2) is 24.3 Å². The van der Waals surface area contributed by atoms with Crippen molar-refractivity contribution in [3.8, 4) is 0 Å². The molecule has 1 heterocycles. The van der Waals surface area contributed by atoms with Crippen molar-refractivity contribution in [3.05, 3.63) is 35.4 Å². The van der Waals surface area contributed by atoms with Crippen LogP contribution in [0.5, 0.6) is 0 Å². The minimum atomic E-state index is -0.905. The molecule has 1 aliphatic heterocycles. The lowest BCUT2D eigenvalue weighted by molar-refractivity contribution is -0.138. The van der Waals surface area contributed by atoms with Gasteiger partial charge in [0.25, 0.3) is 5.91 Å². The van der Waals surface area contributed by atoms with E-state index in [0.717, 1.165) is 0 Å². The van der Waals surface area contributed by atoms with E-state index in [9.17, 15) is 9.59 Å². The van der Waals surface area contributed by atoms with Gasteiger partial charge in [0.1, 0.15) is 0 Å². The van der Waals surface area contributed by atoms with E-state index in [-0.39, 0.29) is 12.5 Å². The van der Waals surface area contributed by atoms with Gasteiger partial charge in [0.05, 0.1) is 5.92 Å². The lowest BCUT2D eigenvalue weighted by atomic mass is 9.91. The van der Waals surface area contributed by atoms with Gasteiger partial charge < -0.3 is 10.4 Å². The minimum absolute atomic E-state index is 0.172. The topological polar surface area (TPSA) is 66.4 Å². The molecule has 72 valence electrons. The first-order chi connectivity index (χ1) is 6.70. The largest absolute Gasteiger partial charge is 0.481 e. The molecule has 14 heavy (non-hydrogen) atoms. The summed E-state index contributed by atoms with van der Waals surface area (Å²) in [6.45, 7) is 0.172. The van der Waals surface area contributed by atoms with Crippen LogP contribution >= 0.6 is 0 Å². The van der Waals surface area contributed by atoms with Crippen molar-refractivity contribution in [2.45, 2.75) is 5.92 Å². The molecule has 2 rings (SSSR count). The van der Waals surface area contributed by atoms with E-state index >= 15 is 0 Å². The van der Waals surface area contributed by atoms with Gasteiger partial charge in [-0.15, -0.1) is 0 Å². The minimum Gasteiger partial charge on any atom is -0.481 e. The van der Waals surface area contributed by atoms with Gasteiger partial charge in [-0.3, -0.25) is 9.59 Å². The van der Waals surface area contributed by atoms with Crippen molar-refractivity contribution in [1.29, 1.82) is 0 Å². The summed E-state index contributed by atoms with van der Waals surface area (Å²) in [5.41, 5.74) is 1.06. The SMILES string of the molecule is O=C1NC[C@H](C(=O)O)c2ccccc21. The maximum atomic E-state index is 11.3. The second-order valence-corrected chi connectivity index (χ2v) is 3.19. The summed E-state index contributed by atoms with van der Waals surface area (Å²) < 4.78 is 0. The highest BCUT2D eigenvalue weighted by Crippen LogP contribution is 2.23. The molecule has 1 aromatic carbocycles. The molecule has 1 aromatic rings. The molecule has 0 unspecified atom stereocenters. The summed E-state index contributed by atoms with van der Waals surface area (Å²) in [5, 5.41) is 11.5. The van der Waals surface area contributed by atoms with E-state index in [1.165, 1.54) is 0 Å². The molecule has 0 bridgehead atoms. The van der Waals surface area contributed by atoms with Gasteiger partial charge in [0, 0.05) is 12.1 Å². The number of carboxylic acid groups (broad SMARTS) is 1. The quantitative estimate of drug-likeness (QED) is 0.683. The summed E-state index contributed by atoms with van der Waals surface area (Å²) in [6.07, 6.45) is 0. The van der Waals surface area contributed by atoms with Crippen molar-refractivity contribution in [2.24, 2.45) is 0 Å². The average Bonchev–Trinajstić information content (AvgIpc) is 2.18.